The zero-order valence-electron chi connectivity index (χ0n) is 10.2. The Morgan fingerprint density at radius 3 is 2.55 bits per heavy atom. The normalized spacial score (nSPS) is 11.2. The van der Waals surface area contributed by atoms with Gasteiger partial charge in [-0.05, 0) is 36.0 Å². The molecule has 0 unspecified atom stereocenters. The number of rotatable bonds is 2. The van der Waals surface area contributed by atoms with E-state index in [4.69, 9.17) is 23.8 Å². The molecule has 2 aromatic carbocycles. The van der Waals surface area contributed by atoms with E-state index in [2.05, 4.69) is 4.98 Å². The van der Waals surface area contributed by atoms with Gasteiger partial charge in [-0.25, -0.2) is 8.78 Å². The van der Waals surface area contributed by atoms with Gasteiger partial charge in [-0.2, -0.15) is 0 Å². The highest BCUT2D eigenvalue weighted by molar-refractivity contribution is 7.71. The molecule has 1 aromatic heterocycles. The van der Waals surface area contributed by atoms with Crippen molar-refractivity contribution >= 4 is 34.9 Å². The first-order valence-corrected chi connectivity index (χ1v) is 6.65. The third-order valence-electron chi connectivity index (χ3n) is 3.06. The summed E-state index contributed by atoms with van der Waals surface area (Å²) in [6.45, 7) is 0.416. The van der Waals surface area contributed by atoms with Crippen LogP contribution in [0, 0.1) is 16.4 Å². The minimum atomic E-state index is -0.652. The maximum atomic E-state index is 13.7. The van der Waals surface area contributed by atoms with Crippen LogP contribution in [0.25, 0.3) is 11.0 Å². The summed E-state index contributed by atoms with van der Waals surface area (Å²) in [6.07, 6.45) is 0. The fraction of sp³-hybridized carbons (Fsp3) is 0.0714. The summed E-state index contributed by atoms with van der Waals surface area (Å²) in [6, 6.07) is 9.31. The van der Waals surface area contributed by atoms with E-state index in [1.54, 1.807) is 16.7 Å². The first kappa shape index (κ1) is 13.3. The molecule has 2 nitrogen and oxygen atoms in total. The molecular weight excluding hydrogens is 302 g/mol. The number of hydrogen-bond acceptors (Lipinski definition) is 1. The number of imidazole rings is 1. The van der Waals surface area contributed by atoms with Gasteiger partial charge in [0.05, 0.1) is 12.1 Å². The molecule has 6 heteroatoms. The van der Waals surface area contributed by atoms with Crippen molar-refractivity contribution in [2.45, 2.75) is 6.54 Å². The summed E-state index contributed by atoms with van der Waals surface area (Å²) in [7, 11) is 0. The molecular formula is C14H9ClF2N2S. The maximum Gasteiger partial charge on any atom is 0.178 e. The number of H-pyrrole nitrogens is 1. The van der Waals surface area contributed by atoms with Crippen molar-refractivity contribution in [3.8, 4) is 0 Å². The van der Waals surface area contributed by atoms with E-state index < -0.39 is 11.6 Å². The minimum absolute atomic E-state index is 0.213. The van der Waals surface area contributed by atoms with Gasteiger partial charge < -0.3 is 9.55 Å². The largest absolute Gasteiger partial charge is 0.328 e. The lowest BCUT2D eigenvalue weighted by atomic mass is 10.2. The average molecular weight is 311 g/mol. The highest BCUT2D eigenvalue weighted by atomic mass is 35.5. The van der Waals surface area contributed by atoms with Crippen LogP contribution in [-0.4, -0.2) is 9.55 Å². The topological polar surface area (TPSA) is 20.7 Å². The second-order valence-electron chi connectivity index (χ2n) is 4.42. The molecule has 3 aromatic rings. The Kier molecular flexibility index (Phi) is 3.31. The van der Waals surface area contributed by atoms with Crippen molar-refractivity contribution in [3.05, 3.63) is 63.4 Å². The monoisotopic (exact) mass is 310 g/mol. The SMILES string of the molecule is Fc1cc(F)c2[nH]c(=S)n(Cc3ccc(Cl)cc3)c2c1. The highest BCUT2D eigenvalue weighted by Gasteiger charge is 2.11. The molecule has 0 radical (unpaired) electrons. The highest BCUT2D eigenvalue weighted by Crippen LogP contribution is 2.21. The van der Waals surface area contributed by atoms with Crippen molar-refractivity contribution in [3.63, 3.8) is 0 Å². The van der Waals surface area contributed by atoms with Gasteiger partial charge >= 0.3 is 0 Å². The first-order chi connectivity index (χ1) is 9.54. The van der Waals surface area contributed by atoms with Gasteiger partial charge in [0.15, 0.2) is 10.6 Å². The molecule has 0 saturated carbocycles. The smallest absolute Gasteiger partial charge is 0.178 e. The summed E-state index contributed by atoms with van der Waals surface area (Å²) >= 11 is 11.0. The van der Waals surface area contributed by atoms with Crippen LogP contribution in [0.3, 0.4) is 0 Å². The van der Waals surface area contributed by atoms with Gasteiger partial charge in [0.2, 0.25) is 0 Å². The van der Waals surface area contributed by atoms with Crippen LogP contribution in [0.2, 0.25) is 5.02 Å². The summed E-state index contributed by atoms with van der Waals surface area (Å²) in [4.78, 5) is 2.76. The lowest BCUT2D eigenvalue weighted by Gasteiger charge is -2.05. The Labute approximate surface area is 123 Å². The average Bonchev–Trinajstić information content (AvgIpc) is 2.70. The Morgan fingerprint density at radius 1 is 1.15 bits per heavy atom. The van der Waals surface area contributed by atoms with E-state index in [1.807, 2.05) is 12.1 Å². The van der Waals surface area contributed by atoms with Gasteiger partial charge in [0, 0.05) is 11.1 Å². The number of nitrogens with zero attached hydrogens (tertiary/aromatic N) is 1. The third kappa shape index (κ3) is 2.34. The van der Waals surface area contributed by atoms with Gasteiger partial charge in [0.25, 0.3) is 0 Å². The van der Waals surface area contributed by atoms with Crippen LogP contribution in [0.4, 0.5) is 8.78 Å². The first-order valence-electron chi connectivity index (χ1n) is 5.86. The van der Waals surface area contributed by atoms with Crippen molar-refractivity contribution in [1.82, 2.24) is 9.55 Å². The molecule has 1 heterocycles. The fourth-order valence-corrected chi connectivity index (χ4v) is 2.50. The van der Waals surface area contributed by atoms with Crippen molar-refractivity contribution in [1.29, 1.82) is 0 Å². The van der Waals surface area contributed by atoms with Gasteiger partial charge in [-0.15, -0.1) is 0 Å². The Hall–Kier alpha value is -1.72. The van der Waals surface area contributed by atoms with E-state index in [0.29, 0.717) is 21.9 Å². The van der Waals surface area contributed by atoms with Crippen LogP contribution in [0.5, 0.6) is 0 Å². The molecule has 102 valence electrons. The summed E-state index contributed by atoms with van der Waals surface area (Å²) in [5.74, 6) is -1.28. The van der Waals surface area contributed by atoms with Crippen molar-refractivity contribution < 1.29 is 8.78 Å². The molecule has 0 spiro atoms. The zero-order chi connectivity index (χ0) is 14.3. The lowest BCUT2D eigenvalue weighted by molar-refractivity contribution is 0.590. The summed E-state index contributed by atoms with van der Waals surface area (Å²) in [5, 5.41) is 0.633. The summed E-state index contributed by atoms with van der Waals surface area (Å²) < 4.78 is 29.0. The van der Waals surface area contributed by atoms with E-state index in [-0.39, 0.29) is 5.52 Å². The van der Waals surface area contributed by atoms with Gasteiger partial charge in [-0.1, -0.05) is 23.7 Å². The second-order valence-corrected chi connectivity index (χ2v) is 5.25. The molecule has 20 heavy (non-hydrogen) atoms. The Balaban J connectivity index is 2.13. The lowest BCUT2D eigenvalue weighted by Crippen LogP contribution is -1.99. The van der Waals surface area contributed by atoms with E-state index in [0.717, 1.165) is 11.6 Å². The number of fused-ring (bicyclic) bond motifs is 1. The number of halogens is 3. The predicted octanol–water partition coefficient (Wildman–Crippen LogP) is 4.68. The molecule has 0 fully saturated rings. The Morgan fingerprint density at radius 2 is 1.85 bits per heavy atom. The van der Waals surface area contributed by atoms with Crippen LogP contribution in [0.15, 0.2) is 36.4 Å². The van der Waals surface area contributed by atoms with Crippen molar-refractivity contribution in [2.75, 3.05) is 0 Å². The Bertz CT molecular complexity index is 837. The van der Waals surface area contributed by atoms with Crippen LogP contribution in [0.1, 0.15) is 5.56 Å². The molecule has 0 bridgehead atoms. The number of aromatic amines is 1. The van der Waals surface area contributed by atoms with Crippen LogP contribution >= 0.6 is 23.8 Å². The van der Waals surface area contributed by atoms with E-state index >= 15 is 0 Å². The molecule has 0 aliphatic rings. The molecule has 0 aliphatic heterocycles. The van der Waals surface area contributed by atoms with Crippen molar-refractivity contribution in [2.24, 2.45) is 0 Å². The fourth-order valence-electron chi connectivity index (χ4n) is 2.11. The molecule has 0 aliphatic carbocycles. The zero-order valence-corrected chi connectivity index (χ0v) is 11.7. The second kappa shape index (κ2) is 5.00. The minimum Gasteiger partial charge on any atom is -0.328 e. The molecule has 3 rings (SSSR count). The quantitative estimate of drug-likeness (QED) is 0.682. The van der Waals surface area contributed by atoms with Gasteiger partial charge in [-0.3, -0.25) is 0 Å². The molecule has 0 saturated heterocycles. The summed E-state index contributed by atoms with van der Waals surface area (Å²) in [5.41, 5.74) is 1.56. The maximum absolute atomic E-state index is 13.7. The number of nitrogens with one attached hydrogen (secondary N) is 1. The van der Waals surface area contributed by atoms with E-state index in [9.17, 15) is 8.78 Å². The predicted molar refractivity (Wildman–Crippen MR) is 77.6 cm³/mol. The molecule has 1 N–H and O–H groups in total. The van der Waals surface area contributed by atoms with Crippen LogP contribution < -0.4 is 0 Å². The van der Waals surface area contributed by atoms with Crippen LogP contribution in [-0.2, 0) is 6.54 Å². The number of benzene rings is 2. The molecule has 0 amide bonds. The standard InChI is InChI=1S/C14H9ClF2N2S/c15-9-3-1-8(2-4-9)7-19-12-6-10(16)5-11(17)13(12)18-14(19)20/h1-6H,7H2,(H,18,20). The number of hydrogen-bond donors (Lipinski definition) is 1. The van der Waals surface area contributed by atoms with E-state index in [1.165, 1.54) is 6.07 Å². The third-order valence-corrected chi connectivity index (χ3v) is 3.63. The molecule has 0 atom stereocenters. The van der Waals surface area contributed by atoms with Gasteiger partial charge in [0.1, 0.15) is 11.3 Å². The number of aromatic nitrogens is 2.